The number of nitrogens with zero attached hydrogens (tertiary/aromatic N) is 1. The molecule has 0 radical (unpaired) electrons. The topological polar surface area (TPSA) is 30.8 Å². The molecule has 0 amide bonds. The number of rotatable bonds is 6. The second-order valence-electron chi connectivity index (χ2n) is 6.76. The molecule has 22 heavy (non-hydrogen) atoms. The average Bonchev–Trinajstić information content (AvgIpc) is 2.35. The van der Waals surface area contributed by atoms with Gasteiger partial charge in [0.1, 0.15) is 5.75 Å². The van der Waals surface area contributed by atoms with Crippen LogP contribution in [-0.2, 0) is 4.74 Å². The highest BCUT2D eigenvalue weighted by atomic mass is 19.3. The molecule has 0 atom stereocenters. The van der Waals surface area contributed by atoms with Gasteiger partial charge in [0.05, 0.1) is 12.8 Å². The summed E-state index contributed by atoms with van der Waals surface area (Å²) in [7, 11) is 1.51. The van der Waals surface area contributed by atoms with Crippen molar-refractivity contribution in [3.8, 4) is 5.75 Å². The summed E-state index contributed by atoms with van der Waals surface area (Å²) in [5, 5.41) is 0. The van der Waals surface area contributed by atoms with Crippen molar-refractivity contribution < 1.29 is 18.3 Å². The Labute approximate surface area is 131 Å². The third kappa shape index (κ3) is 6.00. The smallest absolute Gasteiger partial charge is 0.281 e. The monoisotopic (exact) mass is 313 g/mol. The van der Waals surface area contributed by atoms with Crippen LogP contribution in [0.25, 0.3) is 0 Å². The first-order valence-electron chi connectivity index (χ1n) is 7.21. The van der Waals surface area contributed by atoms with Crippen molar-refractivity contribution in [2.45, 2.75) is 47.0 Å². The highest BCUT2D eigenvalue weighted by Gasteiger charge is 2.35. The highest BCUT2D eigenvalue weighted by molar-refractivity contribution is 5.61. The largest absolute Gasteiger partial charge is 0.487 e. The molecule has 1 aromatic carbocycles. The van der Waals surface area contributed by atoms with Crippen LogP contribution in [0, 0.1) is 19.3 Å². The van der Waals surface area contributed by atoms with Crippen molar-refractivity contribution in [3.63, 3.8) is 0 Å². The molecule has 1 rings (SSSR count). The summed E-state index contributed by atoms with van der Waals surface area (Å²) in [5.74, 6) is -2.40. The molecular weight excluding hydrogens is 288 g/mol. The van der Waals surface area contributed by atoms with E-state index in [0.29, 0.717) is 5.75 Å². The van der Waals surface area contributed by atoms with E-state index in [1.165, 1.54) is 13.5 Å². The van der Waals surface area contributed by atoms with Gasteiger partial charge in [0, 0.05) is 6.42 Å². The molecule has 1 aromatic rings. The molecule has 0 aliphatic heterocycles. The minimum Gasteiger partial charge on any atom is -0.487 e. The first kappa shape index (κ1) is 18.4. The Bertz CT molecular complexity index is 534. The Morgan fingerprint density at radius 2 is 1.77 bits per heavy atom. The minimum absolute atomic E-state index is 0.214. The number of aliphatic imine (C=N–C) groups is 1. The van der Waals surface area contributed by atoms with Gasteiger partial charge in [-0.3, -0.25) is 0 Å². The number of hydrogen-bond donors (Lipinski definition) is 0. The third-order valence-electron chi connectivity index (χ3n) is 3.02. The summed E-state index contributed by atoms with van der Waals surface area (Å²) >= 11 is 0. The van der Waals surface area contributed by atoms with Gasteiger partial charge in [-0.1, -0.05) is 20.8 Å². The van der Waals surface area contributed by atoms with E-state index < -0.39 is 17.9 Å². The van der Waals surface area contributed by atoms with E-state index in [0.717, 1.165) is 16.8 Å². The summed E-state index contributed by atoms with van der Waals surface area (Å²) in [6.07, 6.45) is 1.12. The SMILES string of the molecule is COC=Nc1cc(C)c(OCC(F)(F)CC(C)(C)C)cc1C. The molecule has 0 fully saturated rings. The molecule has 5 heteroatoms. The van der Waals surface area contributed by atoms with Crippen LogP contribution < -0.4 is 4.74 Å². The Morgan fingerprint density at radius 1 is 1.14 bits per heavy atom. The maximum Gasteiger partial charge on any atom is 0.281 e. The molecule has 0 bridgehead atoms. The molecule has 0 unspecified atom stereocenters. The van der Waals surface area contributed by atoms with Gasteiger partial charge in [-0.05, 0) is 42.5 Å². The first-order valence-corrected chi connectivity index (χ1v) is 7.21. The molecule has 0 N–H and O–H groups in total. The molecule has 0 spiro atoms. The molecule has 0 saturated heterocycles. The Hall–Kier alpha value is -1.65. The van der Waals surface area contributed by atoms with Crippen LogP contribution in [0.2, 0.25) is 0 Å². The molecular formula is C17H25F2NO2. The lowest BCUT2D eigenvalue weighted by atomic mass is 9.89. The number of halogens is 2. The quantitative estimate of drug-likeness (QED) is 0.543. The minimum atomic E-state index is -2.86. The zero-order valence-electron chi connectivity index (χ0n) is 14.2. The van der Waals surface area contributed by atoms with E-state index in [1.807, 2.05) is 13.8 Å². The fraction of sp³-hybridized carbons (Fsp3) is 0.588. The second-order valence-corrected chi connectivity index (χ2v) is 6.76. The number of hydrogen-bond acceptors (Lipinski definition) is 3. The third-order valence-corrected chi connectivity index (χ3v) is 3.02. The van der Waals surface area contributed by atoms with Crippen LogP contribution in [0.1, 0.15) is 38.3 Å². The van der Waals surface area contributed by atoms with E-state index in [4.69, 9.17) is 9.47 Å². The fourth-order valence-corrected chi connectivity index (χ4v) is 2.19. The van der Waals surface area contributed by atoms with Crippen molar-refractivity contribution in [2.75, 3.05) is 13.7 Å². The van der Waals surface area contributed by atoms with Gasteiger partial charge in [0.15, 0.2) is 13.0 Å². The van der Waals surface area contributed by atoms with Crippen molar-refractivity contribution in [3.05, 3.63) is 23.3 Å². The van der Waals surface area contributed by atoms with Gasteiger partial charge >= 0.3 is 0 Å². The average molecular weight is 313 g/mol. The van der Waals surface area contributed by atoms with Gasteiger partial charge in [-0.25, -0.2) is 13.8 Å². The maximum atomic E-state index is 13.9. The van der Waals surface area contributed by atoms with Gasteiger partial charge in [-0.2, -0.15) is 0 Å². The second kappa shape index (κ2) is 7.07. The summed E-state index contributed by atoms with van der Waals surface area (Å²) < 4.78 is 38.0. The number of aryl methyl sites for hydroxylation is 2. The lowest BCUT2D eigenvalue weighted by molar-refractivity contribution is -0.0696. The molecule has 0 aromatic heterocycles. The summed E-state index contributed by atoms with van der Waals surface area (Å²) in [4.78, 5) is 4.13. The van der Waals surface area contributed by atoms with E-state index in [1.54, 1.807) is 32.9 Å². The van der Waals surface area contributed by atoms with Crippen LogP contribution in [0.4, 0.5) is 14.5 Å². The van der Waals surface area contributed by atoms with Gasteiger partial charge in [0.25, 0.3) is 5.92 Å². The van der Waals surface area contributed by atoms with Crippen molar-refractivity contribution >= 4 is 12.1 Å². The Morgan fingerprint density at radius 3 is 2.32 bits per heavy atom. The molecule has 0 aliphatic carbocycles. The Kier molecular flexibility index (Phi) is 5.92. The van der Waals surface area contributed by atoms with Crippen LogP contribution in [0.3, 0.4) is 0 Å². The number of alkyl halides is 2. The summed E-state index contributed by atoms with van der Waals surface area (Å²) in [6, 6.07) is 3.52. The lowest BCUT2D eigenvalue weighted by Crippen LogP contribution is -2.31. The van der Waals surface area contributed by atoms with E-state index >= 15 is 0 Å². The van der Waals surface area contributed by atoms with E-state index in [2.05, 4.69) is 4.99 Å². The highest BCUT2D eigenvalue weighted by Crippen LogP contribution is 2.33. The van der Waals surface area contributed by atoms with Crippen LogP contribution in [0.5, 0.6) is 5.75 Å². The molecule has 3 nitrogen and oxygen atoms in total. The van der Waals surface area contributed by atoms with Crippen LogP contribution in [0.15, 0.2) is 17.1 Å². The van der Waals surface area contributed by atoms with Crippen LogP contribution >= 0.6 is 0 Å². The molecule has 124 valence electrons. The van der Waals surface area contributed by atoms with Crippen molar-refractivity contribution in [1.82, 2.24) is 0 Å². The summed E-state index contributed by atoms with van der Waals surface area (Å²) in [6.45, 7) is 8.41. The maximum absolute atomic E-state index is 13.9. The first-order chi connectivity index (χ1) is 10.0. The predicted molar refractivity (Wildman–Crippen MR) is 85.6 cm³/mol. The van der Waals surface area contributed by atoms with E-state index in [9.17, 15) is 8.78 Å². The zero-order valence-corrected chi connectivity index (χ0v) is 14.2. The van der Waals surface area contributed by atoms with Crippen LogP contribution in [-0.4, -0.2) is 26.0 Å². The predicted octanol–water partition coefficient (Wildman–Crippen LogP) is 5.06. The lowest BCUT2D eigenvalue weighted by Gasteiger charge is -2.26. The van der Waals surface area contributed by atoms with Crippen molar-refractivity contribution in [2.24, 2.45) is 10.4 Å². The van der Waals surface area contributed by atoms with Gasteiger partial charge in [-0.15, -0.1) is 0 Å². The fourth-order valence-electron chi connectivity index (χ4n) is 2.19. The normalized spacial score (nSPS) is 12.7. The molecule has 0 heterocycles. The molecule has 0 saturated carbocycles. The number of benzene rings is 1. The van der Waals surface area contributed by atoms with Crippen molar-refractivity contribution in [1.29, 1.82) is 0 Å². The van der Waals surface area contributed by atoms with Gasteiger partial charge in [0.2, 0.25) is 0 Å². The molecule has 0 aliphatic rings. The zero-order chi connectivity index (χ0) is 17.0. The van der Waals surface area contributed by atoms with E-state index in [-0.39, 0.29) is 6.42 Å². The number of ether oxygens (including phenoxy) is 2. The van der Waals surface area contributed by atoms with Gasteiger partial charge < -0.3 is 9.47 Å². The summed E-state index contributed by atoms with van der Waals surface area (Å²) in [5.41, 5.74) is 1.89. The standard InChI is InChI=1S/C17H25F2NO2/c1-12-8-15(13(2)7-14(12)20-11-21-6)22-10-17(18,19)9-16(3,4)5/h7-8,11H,9-10H2,1-6H3. The number of methoxy groups -OCH3 is 1. The Balaban J connectivity index is 2.82.